The fourth-order valence-electron chi connectivity index (χ4n) is 3.51. The van der Waals surface area contributed by atoms with Crippen molar-refractivity contribution in [3.63, 3.8) is 0 Å². The van der Waals surface area contributed by atoms with E-state index < -0.39 is 0 Å². The fourth-order valence-corrected chi connectivity index (χ4v) is 7.33. The van der Waals surface area contributed by atoms with Gasteiger partial charge in [-0.2, -0.15) is 0 Å². The SMILES string of the molecule is [Ir+3].[OH2+]c1c(Br)cc(Br)c2cccnc12.[OH2+]c1c(Br)cc(Br)c2cccnc12.[OH2+]c1c(Br)cc(Br)c2cccnc12. The zero-order chi connectivity index (χ0) is 28.3. The Morgan fingerprint density at radius 1 is 0.425 bits per heavy atom. The van der Waals surface area contributed by atoms with Gasteiger partial charge in [0, 0.05) is 48.2 Å². The van der Waals surface area contributed by atoms with Crippen LogP contribution in [0.4, 0.5) is 0 Å². The monoisotopic (exact) mass is 1100 g/mol. The summed E-state index contributed by atoms with van der Waals surface area (Å²) >= 11 is 20.2. The number of pyridine rings is 3. The predicted octanol–water partition coefficient (Wildman–Crippen LogP) is 9.59. The molecule has 0 saturated carbocycles. The van der Waals surface area contributed by atoms with Crippen molar-refractivity contribution < 1.29 is 35.4 Å². The van der Waals surface area contributed by atoms with E-state index in [1.807, 2.05) is 54.6 Å². The Morgan fingerprint density at radius 2 is 0.675 bits per heavy atom. The maximum Gasteiger partial charge on any atom is 3.00 e. The first-order valence-electron chi connectivity index (χ1n) is 10.9. The smallest absolute Gasteiger partial charge is 0.591 e. The molecule has 13 heteroatoms. The second kappa shape index (κ2) is 14.8. The van der Waals surface area contributed by atoms with Crippen LogP contribution in [0.3, 0.4) is 0 Å². The summed E-state index contributed by atoms with van der Waals surface area (Å²) < 4.78 is 5.14. The molecule has 6 nitrogen and oxygen atoms in total. The first kappa shape index (κ1) is 33.3. The second-order valence-electron chi connectivity index (χ2n) is 7.84. The van der Waals surface area contributed by atoms with Crippen molar-refractivity contribution in [3.8, 4) is 17.2 Å². The molecular formula is C27H18Br6IrN3O3+6. The van der Waals surface area contributed by atoms with Crippen molar-refractivity contribution in [1.29, 1.82) is 0 Å². The molecule has 40 heavy (non-hydrogen) atoms. The first-order valence-corrected chi connectivity index (χ1v) is 15.7. The normalized spacial score (nSPS) is 10.3. The van der Waals surface area contributed by atoms with E-state index in [1.165, 1.54) is 0 Å². The third-order valence-electron chi connectivity index (χ3n) is 5.38. The Bertz CT molecular complexity index is 1630. The van der Waals surface area contributed by atoms with Crippen molar-refractivity contribution in [2.24, 2.45) is 0 Å². The molecular weight excluding hydrogens is 1090 g/mol. The van der Waals surface area contributed by atoms with Crippen LogP contribution < -0.4 is 0 Å². The van der Waals surface area contributed by atoms with E-state index in [4.69, 9.17) is 15.3 Å². The van der Waals surface area contributed by atoms with Crippen LogP contribution in [0.5, 0.6) is 17.2 Å². The van der Waals surface area contributed by atoms with Crippen molar-refractivity contribution in [1.82, 2.24) is 15.0 Å². The maximum atomic E-state index is 7.75. The number of halogens is 6. The van der Waals surface area contributed by atoms with Crippen LogP contribution in [0.1, 0.15) is 0 Å². The van der Waals surface area contributed by atoms with Crippen LogP contribution in [0.25, 0.3) is 32.7 Å². The Kier molecular flexibility index (Phi) is 12.3. The molecule has 0 fully saturated rings. The van der Waals surface area contributed by atoms with Gasteiger partial charge in [-0.1, -0.05) is 47.8 Å². The van der Waals surface area contributed by atoms with Gasteiger partial charge in [0.2, 0.25) is 0 Å². The Morgan fingerprint density at radius 3 is 0.925 bits per heavy atom. The van der Waals surface area contributed by atoms with Gasteiger partial charge in [-0.3, -0.25) is 0 Å². The van der Waals surface area contributed by atoms with Crippen LogP contribution >= 0.6 is 95.6 Å². The summed E-state index contributed by atoms with van der Waals surface area (Å²) in [5, 5.41) is 26.2. The van der Waals surface area contributed by atoms with Gasteiger partial charge in [-0.25, -0.2) is 15.0 Å². The number of hydrogen-bond acceptors (Lipinski definition) is 3. The summed E-state index contributed by atoms with van der Waals surface area (Å²) in [6.45, 7) is 0. The molecule has 3 heterocycles. The van der Waals surface area contributed by atoms with Crippen molar-refractivity contribution in [2.45, 2.75) is 0 Å². The van der Waals surface area contributed by atoms with E-state index in [9.17, 15) is 0 Å². The zero-order valence-corrected chi connectivity index (χ0v) is 31.8. The second-order valence-corrected chi connectivity index (χ2v) is 13.0. The molecule has 204 valence electrons. The maximum absolute atomic E-state index is 7.75. The average molecular weight is 1100 g/mol. The first-order chi connectivity index (χ1) is 18.6. The van der Waals surface area contributed by atoms with E-state index in [0.29, 0.717) is 33.8 Å². The molecule has 0 unspecified atom stereocenters. The van der Waals surface area contributed by atoms with Crippen LogP contribution in [0.2, 0.25) is 0 Å². The average Bonchev–Trinajstić information content (AvgIpc) is 2.94. The number of rotatable bonds is 0. The molecule has 0 aliphatic carbocycles. The zero-order valence-electron chi connectivity index (χ0n) is 19.9. The van der Waals surface area contributed by atoms with Crippen LogP contribution in [-0.4, -0.2) is 30.3 Å². The standard InChI is InChI=1S/3C9H5Br2NO.Ir/c3*10-6-4-7(11)9(13)8-5(6)2-1-3-12-8;/h3*1-4,13H;/q;;;+3/p+3. The van der Waals surface area contributed by atoms with Gasteiger partial charge in [-0.05, 0) is 102 Å². The van der Waals surface area contributed by atoms with E-state index in [0.717, 1.165) is 43.0 Å². The summed E-state index contributed by atoms with van der Waals surface area (Å²) in [5.41, 5.74) is 2.14. The molecule has 6 rings (SSSR count). The molecule has 0 saturated heterocycles. The Balaban J connectivity index is 0.000000163. The molecule has 0 aliphatic heterocycles. The molecule has 0 aliphatic rings. The Labute approximate surface area is 292 Å². The molecule has 0 atom stereocenters. The number of benzene rings is 3. The molecule has 6 N–H and O–H groups in total. The molecule has 3 aromatic heterocycles. The minimum atomic E-state index is 0. The Hall–Kier alpha value is -1.18. The summed E-state index contributed by atoms with van der Waals surface area (Å²) in [7, 11) is 0. The number of aromatic nitrogens is 3. The third-order valence-corrected chi connectivity index (χ3v) is 9.23. The number of nitrogens with zero attached hydrogens (tertiary/aromatic N) is 3. The van der Waals surface area contributed by atoms with Crippen molar-refractivity contribution in [3.05, 3.63) is 100 Å². The van der Waals surface area contributed by atoms with Gasteiger partial charge >= 0.3 is 20.1 Å². The largest absolute Gasteiger partial charge is 3.00 e. The van der Waals surface area contributed by atoms with Gasteiger partial charge in [0.25, 0.3) is 17.2 Å². The summed E-state index contributed by atoms with van der Waals surface area (Å²) in [4.78, 5) is 12.5. The number of fused-ring (bicyclic) bond motifs is 3. The minimum absolute atomic E-state index is 0. The predicted molar refractivity (Wildman–Crippen MR) is 181 cm³/mol. The van der Waals surface area contributed by atoms with Gasteiger partial charge < -0.3 is 15.3 Å². The third kappa shape index (κ3) is 7.41. The number of hydrogen-bond donors (Lipinski definition) is 0. The van der Waals surface area contributed by atoms with Gasteiger partial charge in [0.15, 0.2) is 16.6 Å². The molecule has 0 amide bonds. The summed E-state index contributed by atoms with van der Waals surface area (Å²) in [6.07, 6.45) is 5.08. The van der Waals surface area contributed by atoms with E-state index in [1.54, 1.807) is 18.6 Å². The van der Waals surface area contributed by atoms with Crippen LogP contribution in [-0.2, 0) is 20.1 Å². The van der Waals surface area contributed by atoms with Crippen LogP contribution in [0.15, 0.2) is 100 Å². The van der Waals surface area contributed by atoms with Gasteiger partial charge in [-0.15, -0.1) is 0 Å². The van der Waals surface area contributed by atoms with Crippen molar-refractivity contribution in [2.75, 3.05) is 0 Å². The quantitative estimate of drug-likeness (QED) is 0.142. The van der Waals surface area contributed by atoms with Gasteiger partial charge in [0.1, 0.15) is 13.4 Å². The molecule has 3 aromatic carbocycles. The van der Waals surface area contributed by atoms with Crippen LogP contribution in [0, 0.1) is 0 Å². The molecule has 0 bridgehead atoms. The van der Waals surface area contributed by atoms with E-state index in [-0.39, 0.29) is 20.1 Å². The minimum Gasteiger partial charge on any atom is -0.591 e. The summed E-state index contributed by atoms with van der Waals surface area (Å²) in [5.74, 6) is 1.29. The summed E-state index contributed by atoms with van der Waals surface area (Å²) in [6, 6.07) is 17.0. The van der Waals surface area contributed by atoms with Gasteiger partial charge in [0.05, 0.1) is 0 Å². The molecule has 0 spiro atoms. The van der Waals surface area contributed by atoms with Crippen molar-refractivity contribution >= 4 is 128 Å². The van der Waals surface area contributed by atoms with E-state index >= 15 is 0 Å². The fraction of sp³-hybridized carbons (Fsp3) is 0. The van der Waals surface area contributed by atoms with E-state index in [2.05, 4.69) is 111 Å². The topological polar surface area (TPSA) is 107 Å². The molecule has 0 radical (unpaired) electrons. The molecule has 6 aromatic rings.